The number of hydrogen-bond acceptors (Lipinski definition) is 4. The van der Waals surface area contributed by atoms with Gasteiger partial charge in [0.25, 0.3) is 5.92 Å². The Morgan fingerprint density at radius 1 is 1.35 bits per heavy atom. The second-order valence-corrected chi connectivity index (χ2v) is 5.22. The Hall–Kier alpha value is -1.89. The number of carbonyl (C=O) groups excluding carboxylic acids is 1. The molecule has 1 rings (SSSR count). The van der Waals surface area contributed by atoms with Crippen molar-refractivity contribution in [1.82, 2.24) is 0 Å². The Kier molecular flexibility index (Phi) is 4.54. The number of benzene rings is 1. The van der Waals surface area contributed by atoms with Crippen molar-refractivity contribution in [3.8, 4) is 5.75 Å². The first kappa shape index (κ1) is 16.2. The molecule has 0 bridgehead atoms. The predicted molar refractivity (Wildman–Crippen MR) is 68.9 cm³/mol. The number of anilines is 1. The number of phenolic OH excluding ortho intramolecular Hbond substituents is 1. The lowest BCUT2D eigenvalue weighted by atomic mass is 10.1. The van der Waals surface area contributed by atoms with E-state index in [2.05, 4.69) is 5.32 Å². The van der Waals surface area contributed by atoms with E-state index in [4.69, 9.17) is 9.84 Å². The number of phenols is 1. The summed E-state index contributed by atoms with van der Waals surface area (Å²) in [6.45, 7) is 3.54. The highest BCUT2D eigenvalue weighted by atomic mass is 19.3. The number of hydrogen-bond donors (Lipinski definition) is 3. The van der Waals surface area contributed by atoms with E-state index < -0.39 is 35.5 Å². The molecule has 5 nitrogen and oxygen atoms in total. The van der Waals surface area contributed by atoms with Crippen LogP contribution in [0.4, 0.5) is 19.3 Å². The number of ether oxygens (including phenoxy) is 1. The van der Waals surface area contributed by atoms with Crippen LogP contribution in [0.3, 0.4) is 0 Å². The Balaban J connectivity index is 2.94. The molecule has 0 radical (unpaired) electrons. The number of halogens is 2. The molecule has 1 aromatic rings. The van der Waals surface area contributed by atoms with Crippen LogP contribution in [0, 0.1) is 0 Å². The molecule has 20 heavy (non-hydrogen) atoms. The molecule has 1 aromatic carbocycles. The third-order valence-electron chi connectivity index (χ3n) is 2.23. The lowest BCUT2D eigenvalue weighted by molar-refractivity contribution is -0.0570. The van der Waals surface area contributed by atoms with Gasteiger partial charge in [0, 0.05) is 5.69 Å². The summed E-state index contributed by atoms with van der Waals surface area (Å²) in [5, 5.41) is 20.3. The summed E-state index contributed by atoms with van der Waals surface area (Å²) < 4.78 is 31.7. The number of aliphatic hydroxyl groups excluding tert-OH is 1. The van der Waals surface area contributed by atoms with Gasteiger partial charge in [-0.3, -0.25) is 5.32 Å². The minimum atomic E-state index is -3.60. The Labute approximate surface area is 115 Å². The Bertz CT molecular complexity index is 498. The van der Waals surface area contributed by atoms with Gasteiger partial charge in [-0.2, -0.15) is 8.78 Å². The van der Waals surface area contributed by atoms with Gasteiger partial charge in [0.1, 0.15) is 18.0 Å². The summed E-state index contributed by atoms with van der Waals surface area (Å²) in [5.41, 5.74) is -1.47. The summed E-state index contributed by atoms with van der Waals surface area (Å²) in [6.07, 6.45) is -0.804. The van der Waals surface area contributed by atoms with Crippen LogP contribution in [-0.4, -0.2) is 28.5 Å². The minimum absolute atomic E-state index is 0.0279. The van der Waals surface area contributed by atoms with Gasteiger partial charge in [0.15, 0.2) is 0 Å². The number of carbonyl (C=O) groups is 1. The van der Waals surface area contributed by atoms with Gasteiger partial charge in [-0.25, -0.2) is 4.79 Å². The lowest BCUT2D eigenvalue weighted by Gasteiger charge is -2.20. The largest absolute Gasteiger partial charge is 0.507 e. The number of aromatic hydroxyl groups is 1. The summed E-state index contributed by atoms with van der Waals surface area (Å²) >= 11 is 0. The first-order chi connectivity index (χ1) is 9.05. The van der Waals surface area contributed by atoms with Gasteiger partial charge in [-0.15, -0.1) is 0 Å². The van der Waals surface area contributed by atoms with Crippen LogP contribution in [0.5, 0.6) is 5.75 Å². The fraction of sp³-hybridized carbons (Fsp3) is 0.462. The van der Waals surface area contributed by atoms with E-state index in [1.807, 2.05) is 0 Å². The van der Waals surface area contributed by atoms with E-state index in [1.54, 1.807) is 20.8 Å². The molecular formula is C13H17F2NO4. The van der Waals surface area contributed by atoms with E-state index in [0.29, 0.717) is 0 Å². The van der Waals surface area contributed by atoms with Crippen molar-refractivity contribution in [2.45, 2.75) is 32.3 Å². The number of rotatable bonds is 3. The molecule has 1 amide bonds. The molecule has 0 aliphatic rings. The van der Waals surface area contributed by atoms with E-state index >= 15 is 0 Å². The summed E-state index contributed by atoms with van der Waals surface area (Å²) in [5.74, 6) is -4.27. The van der Waals surface area contributed by atoms with Crippen molar-refractivity contribution in [2.24, 2.45) is 0 Å². The zero-order chi connectivity index (χ0) is 15.6. The maximum absolute atomic E-state index is 13.4. The molecule has 0 aliphatic heterocycles. The molecular weight excluding hydrogens is 272 g/mol. The first-order valence-electron chi connectivity index (χ1n) is 5.87. The Morgan fingerprint density at radius 3 is 2.45 bits per heavy atom. The summed E-state index contributed by atoms with van der Waals surface area (Å²) in [4.78, 5) is 11.5. The van der Waals surface area contributed by atoms with E-state index in [9.17, 15) is 18.7 Å². The van der Waals surface area contributed by atoms with Crippen molar-refractivity contribution in [1.29, 1.82) is 0 Å². The Morgan fingerprint density at radius 2 is 1.95 bits per heavy atom. The van der Waals surface area contributed by atoms with Crippen molar-refractivity contribution in [3.63, 3.8) is 0 Å². The van der Waals surface area contributed by atoms with Crippen molar-refractivity contribution in [3.05, 3.63) is 23.8 Å². The van der Waals surface area contributed by atoms with Crippen LogP contribution in [0.15, 0.2) is 18.2 Å². The number of alkyl halides is 2. The maximum atomic E-state index is 13.4. The molecule has 0 atom stereocenters. The normalized spacial score (nSPS) is 12.1. The average molecular weight is 289 g/mol. The fourth-order valence-electron chi connectivity index (χ4n) is 1.41. The standard InChI is InChI=1S/C13H17F2NO4/c1-12(2,3)20-11(19)16-8-4-5-10(18)9(6-8)13(14,15)7-17/h4-6,17-18H,7H2,1-3H3,(H,16,19). The monoisotopic (exact) mass is 289 g/mol. The zero-order valence-electron chi connectivity index (χ0n) is 11.4. The molecule has 0 saturated carbocycles. The molecule has 3 N–H and O–H groups in total. The van der Waals surface area contributed by atoms with Gasteiger partial charge in [-0.1, -0.05) is 0 Å². The highest BCUT2D eigenvalue weighted by Crippen LogP contribution is 2.35. The zero-order valence-corrected chi connectivity index (χ0v) is 11.4. The van der Waals surface area contributed by atoms with Crippen LogP contribution < -0.4 is 5.32 Å². The SMILES string of the molecule is CC(C)(C)OC(=O)Nc1ccc(O)c(C(F)(F)CO)c1. The molecule has 0 aliphatic carbocycles. The van der Waals surface area contributed by atoms with Gasteiger partial charge in [-0.05, 0) is 39.0 Å². The van der Waals surface area contributed by atoms with E-state index in [1.165, 1.54) is 6.07 Å². The number of aliphatic hydroxyl groups is 1. The van der Waals surface area contributed by atoms with Crippen molar-refractivity contribution in [2.75, 3.05) is 11.9 Å². The minimum Gasteiger partial charge on any atom is -0.507 e. The molecule has 0 aromatic heterocycles. The highest BCUT2D eigenvalue weighted by molar-refractivity contribution is 5.85. The fourth-order valence-corrected chi connectivity index (χ4v) is 1.41. The maximum Gasteiger partial charge on any atom is 0.412 e. The second kappa shape index (κ2) is 5.62. The predicted octanol–water partition coefficient (Wildman–Crippen LogP) is 2.82. The second-order valence-electron chi connectivity index (χ2n) is 5.22. The van der Waals surface area contributed by atoms with Gasteiger partial charge in [0.2, 0.25) is 0 Å². The molecule has 0 fully saturated rings. The molecule has 0 heterocycles. The van der Waals surface area contributed by atoms with Crippen LogP contribution in [-0.2, 0) is 10.7 Å². The molecule has 0 saturated heterocycles. The van der Waals surface area contributed by atoms with Crippen LogP contribution >= 0.6 is 0 Å². The first-order valence-corrected chi connectivity index (χ1v) is 5.87. The highest BCUT2D eigenvalue weighted by Gasteiger charge is 2.34. The summed E-state index contributed by atoms with van der Waals surface area (Å²) in [6, 6.07) is 3.14. The molecule has 0 spiro atoms. The lowest BCUT2D eigenvalue weighted by Crippen LogP contribution is -2.27. The molecule has 7 heteroatoms. The van der Waals surface area contributed by atoms with Crippen molar-refractivity contribution < 1.29 is 28.5 Å². The van der Waals surface area contributed by atoms with E-state index in [0.717, 1.165) is 12.1 Å². The smallest absolute Gasteiger partial charge is 0.412 e. The van der Waals surface area contributed by atoms with E-state index in [-0.39, 0.29) is 5.69 Å². The van der Waals surface area contributed by atoms with Gasteiger partial charge >= 0.3 is 6.09 Å². The number of nitrogens with one attached hydrogen (secondary N) is 1. The van der Waals surface area contributed by atoms with Gasteiger partial charge in [0.05, 0.1) is 5.56 Å². The quantitative estimate of drug-likeness (QED) is 0.748. The molecule has 112 valence electrons. The van der Waals surface area contributed by atoms with Crippen molar-refractivity contribution >= 4 is 11.8 Å². The topological polar surface area (TPSA) is 78.8 Å². The third-order valence-corrected chi connectivity index (χ3v) is 2.23. The average Bonchev–Trinajstić information content (AvgIpc) is 2.29. The summed E-state index contributed by atoms with van der Waals surface area (Å²) in [7, 11) is 0. The molecule has 0 unspecified atom stereocenters. The number of amides is 1. The van der Waals surface area contributed by atoms with Crippen LogP contribution in [0.25, 0.3) is 0 Å². The van der Waals surface area contributed by atoms with Crippen LogP contribution in [0.1, 0.15) is 26.3 Å². The third kappa shape index (κ3) is 4.34. The van der Waals surface area contributed by atoms with Gasteiger partial charge < -0.3 is 14.9 Å². The van der Waals surface area contributed by atoms with Crippen LogP contribution in [0.2, 0.25) is 0 Å².